The maximum absolute atomic E-state index is 11.4. The number of nitrogens with one attached hydrogen (secondary N) is 3. The standard InChI is InChI=1S/C11H14ClN3O2/c12-9-2-4-10(5-3-9)15-11(17)14-7-1-6-13-8-16/h2-5,8H,1,6-7H2,(H,13,16)(H2,14,15,17). The van der Waals surface area contributed by atoms with Crippen molar-refractivity contribution in [3.8, 4) is 0 Å². The van der Waals surface area contributed by atoms with Crippen LogP contribution < -0.4 is 16.0 Å². The molecular weight excluding hydrogens is 242 g/mol. The van der Waals surface area contributed by atoms with Gasteiger partial charge in [-0.25, -0.2) is 4.79 Å². The smallest absolute Gasteiger partial charge is 0.319 e. The molecule has 0 fully saturated rings. The van der Waals surface area contributed by atoms with Crippen molar-refractivity contribution in [3.63, 3.8) is 0 Å². The third-order valence-corrected chi connectivity index (χ3v) is 2.22. The fraction of sp³-hybridized carbons (Fsp3) is 0.273. The quantitative estimate of drug-likeness (QED) is 0.534. The van der Waals surface area contributed by atoms with Crippen LogP contribution in [0, 0.1) is 0 Å². The molecule has 0 aliphatic heterocycles. The summed E-state index contributed by atoms with van der Waals surface area (Å²) in [6.45, 7) is 1.05. The molecule has 0 bridgehead atoms. The van der Waals surface area contributed by atoms with Gasteiger partial charge in [-0.1, -0.05) is 11.6 Å². The van der Waals surface area contributed by atoms with Crippen LogP contribution in [0.1, 0.15) is 6.42 Å². The number of carbonyl (C=O) groups excluding carboxylic acids is 2. The van der Waals surface area contributed by atoms with Gasteiger partial charge in [-0.05, 0) is 30.7 Å². The zero-order chi connectivity index (χ0) is 12.5. The number of anilines is 1. The molecule has 0 saturated carbocycles. The van der Waals surface area contributed by atoms with Crippen LogP contribution in [0.25, 0.3) is 0 Å². The highest BCUT2D eigenvalue weighted by Gasteiger charge is 2.00. The monoisotopic (exact) mass is 255 g/mol. The molecule has 0 aliphatic carbocycles. The van der Waals surface area contributed by atoms with Gasteiger partial charge in [0, 0.05) is 23.8 Å². The molecule has 0 aromatic heterocycles. The van der Waals surface area contributed by atoms with Crippen molar-refractivity contribution < 1.29 is 9.59 Å². The summed E-state index contributed by atoms with van der Waals surface area (Å²) in [6, 6.07) is 6.56. The number of hydrogen-bond donors (Lipinski definition) is 3. The summed E-state index contributed by atoms with van der Waals surface area (Å²) in [5, 5.41) is 8.46. The Hall–Kier alpha value is -1.75. The number of amides is 3. The summed E-state index contributed by atoms with van der Waals surface area (Å²) in [4.78, 5) is 21.3. The van der Waals surface area contributed by atoms with Crippen molar-refractivity contribution in [2.75, 3.05) is 18.4 Å². The number of halogens is 1. The maximum Gasteiger partial charge on any atom is 0.319 e. The second kappa shape index (κ2) is 7.51. The third-order valence-electron chi connectivity index (χ3n) is 1.97. The molecule has 0 aliphatic rings. The minimum absolute atomic E-state index is 0.279. The first-order valence-corrected chi connectivity index (χ1v) is 5.57. The van der Waals surface area contributed by atoms with Gasteiger partial charge in [-0.15, -0.1) is 0 Å². The summed E-state index contributed by atoms with van der Waals surface area (Å²) >= 11 is 5.72. The SMILES string of the molecule is O=CNCCCNC(=O)Nc1ccc(Cl)cc1. The van der Waals surface area contributed by atoms with Gasteiger partial charge in [-0.3, -0.25) is 4.79 Å². The van der Waals surface area contributed by atoms with Crippen molar-refractivity contribution in [1.29, 1.82) is 0 Å². The van der Waals surface area contributed by atoms with Crippen molar-refractivity contribution in [1.82, 2.24) is 10.6 Å². The molecular formula is C11H14ClN3O2. The molecule has 0 spiro atoms. The molecule has 0 atom stereocenters. The van der Waals surface area contributed by atoms with Crippen LogP contribution in [0.2, 0.25) is 5.02 Å². The molecule has 17 heavy (non-hydrogen) atoms. The molecule has 1 aromatic rings. The summed E-state index contributed by atoms with van der Waals surface area (Å²) in [7, 11) is 0. The van der Waals surface area contributed by atoms with Gasteiger partial charge in [0.1, 0.15) is 0 Å². The zero-order valence-electron chi connectivity index (χ0n) is 9.20. The molecule has 3 amide bonds. The minimum Gasteiger partial charge on any atom is -0.359 e. The van der Waals surface area contributed by atoms with Gasteiger partial charge in [0.25, 0.3) is 0 Å². The lowest BCUT2D eigenvalue weighted by molar-refractivity contribution is -0.109. The Morgan fingerprint density at radius 1 is 1.24 bits per heavy atom. The first-order valence-electron chi connectivity index (χ1n) is 5.20. The Labute approximate surface area is 105 Å². The second-order valence-corrected chi connectivity index (χ2v) is 3.75. The van der Waals surface area contributed by atoms with Crippen molar-refractivity contribution in [2.24, 2.45) is 0 Å². The fourth-order valence-electron chi connectivity index (χ4n) is 1.16. The zero-order valence-corrected chi connectivity index (χ0v) is 9.96. The van der Waals surface area contributed by atoms with Crippen molar-refractivity contribution >= 4 is 29.7 Å². The number of hydrogen-bond acceptors (Lipinski definition) is 2. The predicted octanol–water partition coefficient (Wildman–Crippen LogP) is 1.60. The normalized spacial score (nSPS) is 9.47. The van der Waals surface area contributed by atoms with Crippen LogP contribution in [0.15, 0.2) is 24.3 Å². The molecule has 5 nitrogen and oxygen atoms in total. The van der Waals surface area contributed by atoms with E-state index in [-0.39, 0.29) is 6.03 Å². The molecule has 92 valence electrons. The Balaban J connectivity index is 2.20. The topological polar surface area (TPSA) is 70.2 Å². The highest BCUT2D eigenvalue weighted by molar-refractivity contribution is 6.30. The average Bonchev–Trinajstić information content (AvgIpc) is 2.32. The van der Waals surface area contributed by atoms with E-state index in [1.54, 1.807) is 24.3 Å². The lowest BCUT2D eigenvalue weighted by atomic mass is 10.3. The molecule has 0 radical (unpaired) electrons. The first-order chi connectivity index (χ1) is 8.22. The first kappa shape index (κ1) is 13.3. The summed E-state index contributed by atoms with van der Waals surface area (Å²) < 4.78 is 0. The Morgan fingerprint density at radius 3 is 2.59 bits per heavy atom. The lowest BCUT2D eigenvalue weighted by Gasteiger charge is -2.07. The number of urea groups is 1. The van der Waals surface area contributed by atoms with E-state index in [1.165, 1.54) is 0 Å². The molecule has 1 aromatic carbocycles. The van der Waals surface area contributed by atoms with E-state index in [0.29, 0.717) is 36.6 Å². The second-order valence-electron chi connectivity index (χ2n) is 3.31. The van der Waals surface area contributed by atoms with Crippen LogP contribution >= 0.6 is 11.6 Å². The summed E-state index contributed by atoms with van der Waals surface area (Å²) in [6.07, 6.45) is 1.32. The van der Waals surface area contributed by atoms with Gasteiger partial charge in [-0.2, -0.15) is 0 Å². The largest absolute Gasteiger partial charge is 0.359 e. The molecule has 0 saturated heterocycles. The van der Waals surface area contributed by atoms with Gasteiger partial charge in [0.05, 0.1) is 0 Å². The molecule has 3 N–H and O–H groups in total. The van der Waals surface area contributed by atoms with Crippen molar-refractivity contribution in [2.45, 2.75) is 6.42 Å². The number of rotatable bonds is 6. The van der Waals surface area contributed by atoms with Gasteiger partial charge in [0.2, 0.25) is 6.41 Å². The lowest BCUT2D eigenvalue weighted by Crippen LogP contribution is -2.31. The van der Waals surface area contributed by atoms with Crippen LogP contribution in [0.3, 0.4) is 0 Å². The minimum atomic E-state index is -0.279. The summed E-state index contributed by atoms with van der Waals surface area (Å²) in [5.74, 6) is 0. The molecule has 1 rings (SSSR count). The van der Waals surface area contributed by atoms with Gasteiger partial charge < -0.3 is 16.0 Å². The van der Waals surface area contributed by atoms with E-state index in [2.05, 4.69) is 16.0 Å². The van der Waals surface area contributed by atoms with E-state index in [4.69, 9.17) is 11.6 Å². The third kappa shape index (κ3) is 5.77. The van der Waals surface area contributed by atoms with Crippen molar-refractivity contribution in [3.05, 3.63) is 29.3 Å². The Morgan fingerprint density at radius 2 is 1.94 bits per heavy atom. The molecule has 0 unspecified atom stereocenters. The highest BCUT2D eigenvalue weighted by atomic mass is 35.5. The number of benzene rings is 1. The van der Waals surface area contributed by atoms with E-state index in [9.17, 15) is 9.59 Å². The van der Waals surface area contributed by atoms with Crippen LogP contribution in [0.5, 0.6) is 0 Å². The predicted molar refractivity (Wildman–Crippen MR) is 67.2 cm³/mol. The van der Waals surface area contributed by atoms with Crippen LogP contribution in [0.4, 0.5) is 10.5 Å². The van der Waals surface area contributed by atoms with E-state index in [0.717, 1.165) is 0 Å². The summed E-state index contributed by atoms with van der Waals surface area (Å²) in [5.41, 5.74) is 0.679. The van der Waals surface area contributed by atoms with E-state index in [1.807, 2.05) is 0 Å². The average molecular weight is 256 g/mol. The van der Waals surface area contributed by atoms with E-state index >= 15 is 0 Å². The van der Waals surface area contributed by atoms with Crippen LogP contribution in [-0.2, 0) is 4.79 Å². The molecule has 0 heterocycles. The van der Waals surface area contributed by atoms with Gasteiger partial charge in [0.15, 0.2) is 0 Å². The highest BCUT2D eigenvalue weighted by Crippen LogP contribution is 2.12. The molecule has 6 heteroatoms. The van der Waals surface area contributed by atoms with E-state index < -0.39 is 0 Å². The van der Waals surface area contributed by atoms with Crippen LogP contribution in [-0.4, -0.2) is 25.5 Å². The Bertz CT molecular complexity index is 367. The van der Waals surface area contributed by atoms with Gasteiger partial charge >= 0.3 is 6.03 Å². The number of carbonyl (C=O) groups is 2. The maximum atomic E-state index is 11.4. The fourth-order valence-corrected chi connectivity index (χ4v) is 1.29. The Kier molecular flexibility index (Phi) is 5.88.